The van der Waals surface area contributed by atoms with Crippen LogP contribution in [-0.2, 0) is 0 Å². The fourth-order valence-electron chi connectivity index (χ4n) is 4.34. The van der Waals surface area contributed by atoms with Crippen LogP contribution in [0.25, 0.3) is 0 Å². The van der Waals surface area contributed by atoms with Crippen molar-refractivity contribution in [2.24, 2.45) is 5.92 Å². The molecule has 1 aliphatic carbocycles. The topological polar surface area (TPSA) is 38.8 Å². The van der Waals surface area contributed by atoms with Gasteiger partial charge in [-0.3, -0.25) is 4.90 Å². The third-order valence-electron chi connectivity index (χ3n) is 5.90. The molecule has 0 unspecified atom stereocenters. The van der Waals surface area contributed by atoms with Crippen LogP contribution in [-0.4, -0.2) is 72.6 Å². The molecular weight excluding hydrogens is 383 g/mol. The van der Waals surface area contributed by atoms with Crippen molar-refractivity contribution in [3.05, 3.63) is 28.2 Å². The molecule has 0 spiro atoms. The molecule has 1 aromatic carbocycles. The Kier molecular flexibility index (Phi) is 6.12. The Morgan fingerprint density at radius 2 is 1.70 bits per heavy atom. The zero-order chi connectivity index (χ0) is 18.8. The summed E-state index contributed by atoms with van der Waals surface area (Å²) in [4.78, 5) is 19.6. The highest BCUT2D eigenvalue weighted by molar-refractivity contribution is 6.35. The van der Waals surface area contributed by atoms with Crippen LogP contribution in [0.1, 0.15) is 25.7 Å². The number of nitrogens with one attached hydrogen (secondary N) is 1. The highest BCUT2D eigenvalue weighted by atomic mass is 35.5. The molecule has 27 heavy (non-hydrogen) atoms. The molecule has 2 saturated heterocycles. The Morgan fingerprint density at radius 3 is 2.37 bits per heavy atom. The number of piperazine rings is 1. The van der Waals surface area contributed by atoms with Gasteiger partial charge < -0.3 is 15.1 Å². The molecule has 2 aliphatic heterocycles. The summed E-state index contributed by atoms with van der Waals surface area (Å²) in [6.07, 6.45) is 5.49. The van der Waals surface area contributed by atoms with Gasteiger partial charge >= 0.3 is 6.03 Å². The van der Waals surface area contributed by atoms with Gasteiger partial charge in [-0.05, 0) is 56.3 Å². The van der Waals surface area contributed by atoms with E-state index in [0.717, 1.165) is 38.1 Å². The number of benzene rings is 1. The third-order valence-corrected chi connectivity index (χ3v) is 6.34. The summed E-state index contributed by atoms with van der Waals surface area (Å²) in [5.74, 6) is 0.785. The van der Waals surface area contributed by atoms with Gasteiger partial charge in [-0.2, -0.15) is 0 Å². The van der Waals surface area contributed by atoms with Gasteiger partial charge in [-0.25, -0.2) is 4.79 Å². The quantitative estimate of drug-likeness (QED) is 0.814. The lowest BCUT2D eigenvalue weighted by atomic mass is 9.97. The van der Waals surface area contributed by atoms with E-state index < -0.39 is 0 Å². The number of hydrogen-bond acceptors (Lipinski definition) is 3. The lowest BCUT2D eigenvalue weighted by molar-refractivity contribution is 0.0982. The van der Waals surface area contributed by atoms with Gasteiger partial charge in [-0.1, -0.05) is 23.2 Å². The number of hydrogen-bond donors (Lipinski definition) is 1. The smallest absolute Gasteiger partial charge is 0.321 e. The maximum atomic E-state index is 12.5. The number of urea groups is 1. The second-order valence-electron chi connectivity index (χ2n) is 8.11. The molecule has 1 atom stereocenters. The Hall–Kier alpha value is -1.01. The van der Waals surface area contributed by atoms with Crippen LogP contribution in [0.4, 0.5) is 10.5 Å². The van der Waals surface area contributed by atoms with E-state index in [1.54, 1.807) is 18.2 Å². The first-order valence-corrected chi connectivity index (χ1v) is 10.8. The van der Waals surface area contributed by atoms with E-state index in [-0.39, 0.29) is 6.03 Å². The maximum absolute atomic E-state index is 12.5. The lowest BCUT2D eigenvalue weighted by Crippen LogP contribution is -2.52. The molecular formula is C20H28Cl2N4O. The molecule has 0 radical (unpaired) electrons. The zero-order valence-electron chi connectivity index (χ0n) is 15.7. The van der Waals surface area contributed by atoms with Crippen molar-refractivity contribution in [1.29, 1.82) is 0 Å². The van der Waals surface area contributed by atoms with Crippen molar-refractivity contribution < 1.29 is 4.79 Å². The summed E-state index contributed by atoms with van der Waals surface area (Å²) in [6, 6.07) is 5.90. The van der Waals surface area contributed by atoms with Crippen molar-refractivity contribution in [2.75, 3.05) is 51.1 Å². The van der Waals surface area contributed by atoms with Crippen LogP contribution < -0.4 is 5.32 Å². The van der Waals surface area contributed by atoms with Gasteiger partial charge in [0.15, 0.2) is 0 Å². The lowest BCUT2D eigenvalue weighted by Gasteiger charge is -2.39. The number of likely N-dealkylation sites (tertiary alicyclic amines) is 1. The zero-order valence-corrected chi connectivity index (χ0v) is 17.2. The molecule has 2 amide bonds. The second-order valence-corrected chi connectivity index (χ2v) is 8.98. The van der Waals surface area contributed by atoms with Crippen LogP contribution in [0.15, 0.2) is 18.2 Å². The van der Waals surface area contributed by atoms with Gasteiger partial charge in [-0.15, -0.1) is 0 Å². The van der Waals surface area contributed by atoms with Crippen molar-refractivity contribution in [2.45, 2.75) is 31.7 Å². The van der Waals surface area contributed by atoms with Gasteiger partial charge in [0.25, 0.3) is 0 Å². The summed E-state index contributed by atoms with van der Waals surface area (Å²) < 4.78 is 0. The monoisotopic (exact) mass is 410 g/mol. The molecule has 7 heteroatoms. The van der Waals surface area contributed by atoms with Gasteiger partial charge in [0, 0.05) is 61.0 Å². The first kappa shape index (κ1) is 19.3. The second kappa shape index (κ2) is 8.56. The SMILES string of the molecule is O=C(Nc1cc(Cl)cc(Cl)c1)N1CCN(C[C@@H]2CCCN(C3CC3)C2)CC1. The molecule has 1 aromatic rings. The van der Waals surface area contributed by atoms with E-state index in [1.165, 1.54) is 45.3 Å². The molecule has 1 N–H and O–H groups in total. The first-order valence-electron chi connectivity index (χ1n) is 10.1. The molecule has 5 nitrogen and oxygen atoms in total. The molecule has 3 aliphatic rings. The van der Waals surface area contributed by atoms with E-state index in [2.05, 4.69) is 15.1 Å². The molecule has 0 bridgehead atoms. The summed E-state index contributed by atoms with van der Waals surface area (Å²) in [5, 5.41) is 3.95. The standard InChI is InChI=1S/C20H28Cl2N4O/c21-16-10-17(22)12-18(11-16)23-20(27)25-8-6-24(7-9-25)13-15-2-1-5-26(14-15)19-3-4-19/h10-12,15,19H,1-9,13-14H2,(H,23,27)/t15-/m0/s1. The van der Waals surface area contributed by atoms with Crippen LogP contribution >= 0.6 is 23.2 Å². The summed E-state index contributed by atoms with van der Waals surface area (Å²) in [5.41, 5.74) is 0.641. The minimum absolute atomic E-state index is 0.0782. The Bertz CT molecular complexity index is 654. The van der Waals surface area contributed by atoms with Gasteiger partial charge in [0.2, 0.25) is 0 Å². The van der Waals surface area contributed by atoms with Gasteiger partial charge in [0.1, 0.15) is 0 Å². The number of carbonyl (C=O) groups excluding carboxylic acids is 1. The average Bonchev–Trinajstić information content (AvgIpc) is 3.47. The van der Waals surface area contributed by atoms with Crippen molar-refractivity contribution in [3.63, 3.8) is 0 Å². The molecule has 0 aromatic heterocycles. The van der Waals surface area contributed by atoms with E-state index in [1.807, 2.05) is 4.90 Å². The maximum Gasteiger partial charge on any atom is 0.321 e. The fraction of sp³-hybridized carbons (Fsp3) is 0.650. The number of carbonyl (C=O) groups is 1. The number of nitrogens with zero attached hydrogens (tertiary/aromatic N) is 3. The van der Waals surface area contributed by atoms with Crippen LogP contribution in [0.5, 0.6) is 0 Å². The summed E-state index contributed by atoms with van der Waals surface area (Å²) >= 11 is 12.0. The van der Waals surface area contributed by atoms with E-state index in [0.29, 0.717) is 15.7 Å². The highest BCUT2D eigenvalue weighted by Gasteiger charge is 2.33. The third kappa shape index (κ3) is 5.29. The van der Waals surface area contributed by atoms with E-state index in [9.17, 15) is 4.79 Å². The minimum Gasteiger partial charge on any atom is -0.322 e. The molecule has 3 fully saturated rings. The summed E-state index contributed by atoms with van der Waals surface area (Å²) in [6.45, 7) is 7.15. The predicted molar refractivity (Wildman–Crippen MR) is 111 cm³/mol. The van der Waals surface area contributed by atoms with Crippen molar-refractivity contribution in [1.82, 2.24) is 14.7 Å². The molecule has 148 valence electrons. The van der Waals surface area contributed by atoms with Crippen molar-refractivity contribution in [3.8, 4) is 0 Å². The Balaban J connectivity index is 1.23. The first-order chi connectivity index (χ1) is 13.1. The Morgan fingerprint density at radius 1 is 1.00 bits per heavy atom. The largest absolute Gasteiger partial charge is 0.322 e. The summed E-state index contributed by atoms with van der Waals surface area (Å²) in [7, 11) is 0. The normalized spacial score (nSPS) is 24.8. The number of rotatable bonds is 4. The van der Waals surface area contributed by atoms with E-state index in [4.69, 9.17) is 23.2 Å². The minimum atomic E-state index is -0.0782. The molecule has 1 saturated carbocycles. The average molecular weight is 411 g/mol. The fourth-order valence-corrected chi connectivity index (χ4v) is 4.87. The van der Waals surface area contributed by atoms with Crippen molar-refractivity contribution >= 4 is 34.9 Å². The van der Waals surface area contributed by atoms with E-state index >= 15 is 0 Å². The van der Waals surface area contributed by atoms with Gasteiger partial charge in [0.05, 0.1) is 0 Å². The predicted octanol–water partition coefficient (Wildman–Crippen LogP) is 4.02. The molecule has 4 rings (SSSR count). The van der Waals surface area contributed by atoms with Crippen LogP contribution in [0, 0.1) is 5.92 Å². The molecule has 2 heterocycles. The highest BCUT2D eigenvalue weighted by Crippen LogP contribution is 2.31. The number of piperidine rings is 1. The Labute approximate surface area is 171 Å². The number of halogens is 2. The number of anilines is 1. The number of amides is 2. The van der Waals surface area contributed by atoms with Crippen LogP contribution in [0.3, 0.4) is 0 Å². The van der Waals surface area contributed by atoms with Crippen LogP contribution in [0.2, 0.25) is 10.0 Å².